The van der Waals surface area contributed by atoms with E-state index in [9.17, 15) is 0 Å². The molecule has 0 saturated carbocycles. The highest BCUT2D eigenvalue weighted by atomic mass is 79.9. The zero-order valence-corrected chi connectivity index (χ0v) is 13.6. The van der Waals surface area contributed by atoms with Gasteiger partial charge in [-0.1, -0.05) is 66.0 Å². The van der Waals surface area contributed by atoms with Crippen molar-refractivity contribution in [3.8, 4) is 0 Å². The molecule has 1 aromatic carbocycles. The number of rotatable bonds is 6. The Bertz CT molecular complexity index is 344. The van der Waals surface area contributed by atoms with Gasteiger partial charge in [-0.2, -0.15) is 0 Å². The molecule has 2 heteroatoms. The summed E-state index contributed by atoms with van der Waals surface area (Å²) in [6, 6.07) is 10.9. The number of hydrogen-bond acceptors (Lipinski definition) is 1. The number of benzene rings is 1. The molecule has 1 aromatic rings. The maximum Gasteiger partial charge on any atom is 0.0112 e. The summed E-state index contributed by atoms with van der Waals surface area (Å²) in [5, 5.41) is 1.06. The third-order valence-electron chi connectivity index (χ3n) is 4.34. The third-order valence-corrected chi connectivity index (χ3v) is 5.12. The van der Waals surface area contributed by atoms with Crippen molar-refractivity contribution in [1.29, 1.82) is 0 Å². The molecule has 1 fully saturated rings. The van der Waals surface area contributed by atoms with Crippen LogP contribution in [0.15, 0.2) is 30.3 Å². The average Bonchev–Trinajstić information content (AvgIpc) is 2.48. The molecule has 0 aromatic heterocycles. The van der Waals surface area contributed by atoms with E-state index >= 15 is 0 Å². The molecule has 1 saturated heterocycles. The topological polar surface area (TPSA) is 3.24 Å². The van der Waals surface area contributed by atoms with Crippen LogP contribution in [0.5, 0.6) is 0 Å². The maximum atomic E-state index is 3.69. The van der Waals surface area contributed by atoms with Crippen LogP contribution in [0.1, 0.15) is 44.1 Å². The fraction of sp³-hybridized carbons (Fsp3) is 0.647. The van der Waals surface area contributed by atoms with Gasteiger partial charge in [0.1, 0.15) is 0 Å². The van der Waals surface area contributed by atoms with Gasteiger partial charge in [0.2, 0.25) is 0 Å². The Morgan fingerprint density at radius 2 is 1.89 bits per heavy atom. The Hall–Kier alpha value is -0.340. The van der Waals surface area contributed by atoms with Crippen LogP contribution in [-0.2, 0) is 0 Å². The Labute approximate surface area is 126 Å². The van der Waals surface area contributed by atoms with Crippen LogP contribution in [-0.4, -0.2) is 29.9 Å². The molecule has 1 aliphatic rings. The minimum atomic E-state index is 0.629. The fourth-order valence-electron chi connectivity index (χ4n) is 3.15. The van der Waals surface area contributed by atoms with Gasteiger partial charge in [0.25, 0.3) is 0 Å². The van der Waals surface area contributed by atoms with E-state index in [2.05, 4.69) is 58.1 Å². The molecule has 1 unspecified atom stereocenters. The lowest BCUT2D eigenvalue weighted by Gasteiger charge is -2.34. The lowest BCUT2D eigenvalue weighted by molar-refractivity contribution is 0.172. The second-order valence-electron chi connectivity index (χ2n) is 5.79. The lowest BCUT2D eigenvalue weighted by atomic mass is 9.91. The molecule has 1 atom stereocenters. The molecule has 0 spiro atoms. The minimum Gasteiger partial charge on any atom is -0.303 e. The summed E-state index contributed by atoms with van der Waals surface area (Å²) in [5.74, 6) is 1.62. The first-order chi connectivity index (χ1) is 9.33. The smallest absolute Gasteiger partial charge is 0.0112 e. The molecular formula is C17H26BrN. The molecule has 1 heterocycles. The molecule has 0 radical (unpaired) electrons. The van der Waals surface area contributed by atoms with Crippen molar-refractivity contribution in [2.24, 2.45) is 5.92 Å². The SMILES string of the molecule is CCCC1CCN(CC(CBr)c2ccccc2)CC1. The highest BCUT2D eigenvalue weighted by Gasteiger charge is 2.21. The highest BCUT2D eigenvalue weighted by Crippen LogP contribution is 2.25. The van der Waals surface area contributed by atoms with Crippen LogP contribution in [0, 0.1) is 5.92 Å². The van der Waals surface area contributed by atoms with E-state index in [4.69, 9.17) is 0 Å². The van der Waals surface area contributed by atoms with Gasteiger partial charge >= 0.3 is 0 Å². The number of halogens is 1. The van der Waals surface area contributed by atoms with E-state index in [1.165, 1.54) is 50.9 Å². The number of hydrogen-bond donors (Lipinski definition) is 0. The highest BCUT2D eigenvalue weighted by molar-refractivity contribution is 9.09. The summed E-state index contributed by atoms with van der Waals surface area (Å²) in [6.45, 7) is 6.10. The van der Waals surface area contributed by atoms with Gasteiger partial charge in [0.05, 0.1) is 0 Å². The predicted molar refractivity (Wildman–Crippen MR) is 87.0 cm³/mol. The third kappa shape index (κ3) is 4.61. The molecule has 106 valence electrons. The normalized spacial score (nSPS) is 19.5. The quantitative estimate of drug-likeness (QED) is 0.687. The van der Waals surface area contributed by atoms with Gasteiger partial charge in [-0.05, 0) is 37.4 Å². The summed E-state index contributed by atoms with van der Waals surface area (Å²) in [5.41, 5.74) is 1.47. The van der Waals surface area contributed by atoms with Crippen LogP contribution >= 0.6 is 15.9 Å². The molecule has 0 bridgehead atoms. The molecule has 2 rings (SSSR count). The van der Waals surface area contributed by atoms with E-state index in [0.717, 1.165) is 11.2 Å². The second-order valence-corrected chi connectivity index (χ2v) is 6.44. The monoisotopic (exact) mass is 323 g/mol. The number of piperidine rings is 1. The summed E-state index contributed by atoms with van der Waals surface area (Å²) in [4.78, 5) is 2.66. The molecule has 1 aliphatic heterocycles. The number of likely N-dealkylation sites (tertiary alicyclic amines) is 1. The fourth-order valence-corrected chi connectivity index (χ4v) is 3.72. The Balaban J connectivity index is 1.84. The van der Waals surface area contributed by atoms with Gasteiger partial charge in [0.15, 0.2) is 0 Å². The van der Waals surface area contributed by atoms with Gasteiger partial charge in [-0.3, -0.25) is 0 Å². The van der Waals surface area contributed by atoms with Crippen LogP contribution in [0.25, 0.3) is 0 Å². The molecule has 0 amide bonds. The van der Waals surface area contributed by atoms with E-state index in [1.54, 1.807) is 0 Å². The summed E-state index contributed by atoms with van der Waals surface area (Å²) < 4.78 is 0. The van der Waals surface area contributed by atoms with E-state index in [-0.39, 0.29) is 0 Å². The van der Waals surface area contributed by atoms with Crippen molar-refractivity contribution < 1.29 is 0 Å². The molecule has 19 heavy (non-hydrogen) atoms. The number of nitrogens with zero attached hydrogens (tertiary/aromatic N) is 1. The first kappa shape index (κ1) is 15.1. The zero-order chi connectivity index (χ0) is 13.5. The second kappa shape index (κ2) is 8.06. The van der Waals surface area contributed by atoms with Crippen LogP contribution in [0.3, 0.4) is 0 Å². The van der Waals surface area contributed by atoms with E-state index < -0.39 is 0 Å². The first-order valence-electron chi connectivity index (χ1n) is 7.66. The molecule has 0 N–H and O–H groups in total. The Kier molecular flexibility index (Phi) is 6.39. The van der Waals surface area contributed by atoms with Crippen molar-refractivity contribution in [2.45, 2.75) is 38.5 Å². The van der Waals surface area contributed by atoms with Crippen molar-refractivity contribution in [3.63, 3.8) is 0 Å². The summed E-state index contributed by atoms with van der Waals surface area (Å²) in [6.07, 6.45) is 5.57. The lowest BCUT2D eigenvalue weighted by Crippen LogP contribution is -2.36. The minimum absolute atomic E-state index is 0.629. The predicted octanol–water partition coefficient (Wildman–Crippen LogP) is 4.68. The van der Waals surface area contributed by atoms with E-state index in [0.29, 0.717) is 5.92 Å². The van der Waals surface area contributed by atoms with Crippen molar-refractivity contribution in [1.82, 2.24) is 4.90 Å². The Morgan fingerprint density at radius 3 is 2.47 bits per heavy atom. The van der Waals surface area contributed by atoms with Gasteiger partial charge in [0, 0.05) is 17.8 Å². The number of alkyl halides is 1. The first-order valence-corrected chi connectivity index (χ1v) is 8.79. The summed E-state index contributed by atoms with van der Waals surface area (Å²) in [7, 11) is 0. The molecular weight excluding hydrogens is 298 g/mol. The zero-order valence-electron chi connectivity index (χ0n) is 12.0. The van der Waals surface area contributed by atoms with Gasteiger partial charge in [-0.25, -0.2) is 0 Å². The Morgan fingerprint density at radius 1 is 1.21 bits per heavy atom. The average molecular weight is 324 g/mol. The maximum absolute atomic E-state index is 3.69. The molecule has 0 aliphatic carbocycles. The largest absolute Gasteiger partial charge is 0.303 e. The summed E-state index contributed by atoms with van der Waals surface area (Å²) >= 11 is 3.69. The standard InChI is InChI=1S/C17H26BrN/c1-2-6-15-9-11-19(12-10-15)14-17(13-18)16-7-4-3-5-8-16/h3-5,7-8,15,17H,2,6,9-14H2,1H3. The van der Waals surface area contributed by atoms with Crippen molar-refractivity contribution >= 4 is 15.9 Å². The van der Waals surface area contributed by atoms with Crippen molar-refractivity contribution in [3.05, 3.63) is 35.9 Å². The van der Waals surface area contributed by atoms with Gasteiger partial charge in [-0.15, -0.1) is 0 Å². The van der Waals surface area contributed by atoms with Crippen LogP contribution in [0.4, 0.5) is 0 Å². The van der Waals surface area contributed by atoms with Crippen molar-refractivity contribution in [2.75, 3.05) is 25.0 Å². The van der Waals surface area contributed by atoms with E-state index in [1.807, 2.05) is 0 Å². The van der Waals surface area contributed by atoms with Crippen LogP contribution in [0.2, 0.25) is 0 Å². The van der Waals surface area contributed by atoms with Crippen LogP contribution < -0.4 is 0 Å². The molecule has 1 nitrogen and oxygen atoms in total. The van der Waals surface area contributed by atoms with Gasteiger partial charge < -0.3 is 4.90 Å².